The molecular formula is C22H29FN2O4S. The van der Waals surface area contributed by atoms with Crippen molar-refractivity contribution in [3.8, 4) is 5.75 Å². The molecule has 30 heavy (non-hydrogen) atoms. The molecule has 1 amide bonds. The van der Waals surface area contributed by atoms with E-state index in [-0.39, 0.29) is 17.6 Å². The maximum atomic E-state index is 13.6. The number of aryl methyl sites for hydroxylation is 1. The van der Waals surface area contributed by atoms with Gasteiger partial charge in [-0.15, -0.1) is 0 Å². The Kier molecular flexibility index (Phi) is 7.47. The van der Waals surface area contributed by atoms with Crippen LogP contribution in [0.4, 0.5) is 10.1 Å². The fraction of sp³-hybridized carbons (Fsp3) is 0.409. The number of benzene rings is 2. The van der Waals surface area contributed by atoms with Crippen LogP contribution in [0.3, 0.4) is 0 Å². The number of nitrogens with one attached hydrogen (secondary N) is 1. The third-order valence-electron chi connectivity index (χ3n) is 4.87. The number of hydrogen-bond donors (Lipinski definition) is 1. The Balaban J connectivity index is 2.25. The highest BCUT2D eigenvalue weighted by molar-refractivity contribution is 7.92. The molecule has 2 aromatic carbocycles. The molecule has 0 radical (unpaired) electrons. The van der Waals surface area contributed by atoms with Crippen molar-refractivity contribution in [2.24, 2.45) is 0 Å². The molecule has 164 valence electrons. The number of carbonyl (C=O) groups excluding carboxylic acids is 1. The smallest absolute Gasteiger partial charge is 0.241 e. The largest absolute Gasteiger partial charge is 0.496 e. The van der Waals surface area contributed by atoms with Gasteiger partial charge in [0.05, 0.1) is 25.1 Å². The Hall–Kier alpha value is -2.61. The van der Waals surface area contributed by atoms with Gasteiger partial charge in [0.25, 0.3) is 0 Å². The molecule has 0 aliphatic carbocycles. The van der Waals surface area contributed by atoms with Crippen LogP contribution in [0.25, 0.3) is 0 Å². The van der Waals surface area contributed by atoms with Crippen LogP contribution in [-0.2, 0) is 14.8 Å². The van der Waals surface area contributed by atoms with Gasteiger partial charge < -0.3 is 10.1 Å². The van der Waals surface area contributed by atoms with Crippen LogP contribution in [0.5, 0.6) is 5.75 Å². The number of rotatable bonds is 8. The summed E-state index contributed by atoms with van der Waals surface area (Å²) < 4.78 is 44.3. The fourth-order valence-electron chi connectivity index (χ4n) is 3.34. The minimum absolute atomic E-state index is 0.100. The predicted octanol–water partition coefficient (Wildman–Crippen LogP) is 3.91. The molecule has 1 atom stereocenters. The van der Waals surface area contributed by atoms with Gasteiger partial charge in [-0.2, -0.15) is 0 Å². The third kappa shape index (κ3) is 5.72. The van der Waals surface area contributed by atoms with Crippen molar-refractivity contribution >= 4 is 21.6 Å². The summed E-state index contributed by atoms with van der Waals surface area (Å²) in [5.74, 6) is -0.0430. The zero-order chi connectivity index (χ0) is 22.6. The summed E-state index contributed by atoms with van der Waals surface area (Å²) >= 11 is 0. The molecule has 8 heteroatoms. The average Bonchev–Trinajstić information content (AvgIpc) is 2.64. The minimum Gasteiger partial charge on any atom is -0.496 e. The number of sulfonamides is 1. The highest BCUT2D eigenvalue weighted by Gasteiger charge is 2.23. The van der Waals surface area contributed by atoms with E-state index in [1.54, 1.807) is 7.11 Å². The van der Waals surface area contributed by atoms with Crippen molar-refractivity contribution in [2.45, 2.75) is 39.7 Å². The van der Waals surface area contributed by atoms with Crippen molar-refractivity contribution in [2.75, 3.05) is 24.2 Å². The van der Waals surface area contributed by atoms with Crippen LogP contribution in [0.2, 0.25) is 0 Å². The standard InChI is InChI=1S/C22H29FN2O4S/c1-14(2)19-12-20(15(3)10-21(19)29-5)16(4)24-22(26)13-25(30(6,27)28)18-9-7-8-17(23)11-18/h7-12,14,16H,13H2,1-6H3,(H,24,26). The number of halogens is 1. The number of hydrogen-bond acceptors (Lipinski definition) is 4. The van der Waals surface area contributed by atoms with E-state index in [9.17, 15) is 17.6 Å². The van der Waals surface area contributed by atoms with Crippen LogP contribution in [-0.4, -0.2) is 34.2 Å². The monoisotopic (exact) mass is 436 g/mol. The highest BCUT2D eigenvalue weighted by Crippen LogP contribution is 2.32. The van der Waals surface area contributed by atoms with Crippen molar-refractivity contribution < 1.29 is 22.3 Å². The molecule has 0 aliphatic rings. The topological polar surface area (TPSA) is 75.7 Å². The highest BCUT2D eigenvalue weighted by atomic mass is 32.2. The molecule has 0 spiro atoms. The van der Waals surface area contributed by atoms with Crippen LogP contribution in [0.1, 0.15) is 49.4 Å². The molecule has 2 rings (SSSR count). The molecule has 2 aromatic rings. The summed E-state index contributed by atoms with van der Waals surface area (Å²) in [4.78, 5) is 12.7. The maximum Gasteiger partial charge on any atom is 0.241 e. The van der Waals surface area contributed by atoms with Gasteiger partial charge in [-0.05, 0) is 66.8 Å². The molecule has 1 unspecified atom stereocenters. The van der Waals surface area contributed by atoms with Crippen molar-refractivity contribution in [1.29, 1.82) is 0 Å². The van der Waals surface area contributed by atoms with Gasteiger partial charge in [-0.1, -0.05) is 19.9 Å². The van der Waals surface area contributed by atoms with E-state index in [1.165, 1.54) is 18.2 Å². The lowest BCUT2D eigenvalue weighted by atomic mass is 9.93. The first-order chi connectivity index (χ1) is 13.9. The second kappa shape index (κ2) is 9.47. The van der Waals surface area contributed by atoms with Gasteiger partial charge in [0.2, 0.25) is 15.9 Å². The number of methoxy groups -OCH3 is 1. The Morgan fingerprint density at radius 3 is 2.37 bits per heavy atom. The van der Waals surface area contributed by atoms with E-state index in [2.05, 4.69) is 19.2 Å². The number of nitrogens with zero attached hydrogens (tertiary/aromatic N) is 1. The Morgan fingerprint density at radius 2 is 1.83 bits per heavy atom. The van der Waals surface area contributed by atoms with Crippen molar-refractivity contribution in [1.82, 2.24) is 5.32 Å². The van der Waals surface area contributed by atoms with E-state index >= 15 is 0 Å². The fourth-order valence-corrected chi connectivity index (χ4v) is 4.19. The van der Waals surface area contributed by atoms with E-state index < -0.39 is 28.3 Å². The summed E-state index contributed by atoms with van der Waals surface area (Å²) in [6, 6.07) is 8.73. The normalized spacial score (nSPS) is 12.5. The second-order valence-corrected chi connectivity index (χ2v) is 9.55. The van der Waals surface area contributed by atoms with Gasteiger partial charge in [0.1, 0.15) is 18.1 Å². The van der Waals surface area contributed by atoms with E-state index in [1.807, 2.05) is 26.0 Å². The van der Waals surface area contributed by atoms with E-state index in [4.69, 9.17) is 4.74 Å². The molecule has 0 heterocycles. The average molecular weight is 437 g/mol. The lowest BCUT2D eigenvalue weighted by Crippen LogP contribution is -2.41. The molecule has 0 fully saturated rings. The van der Waals surface area contributed by atoms with Gasteiger partial charge in [0.15, 0.2) is 0 Å². The molecule has 1 N–H and O–H groups in total. The Morgan fingerprint density at radius 1 is 1.17 bits per heavy atom. The molecule has 0 aliphatic heterocycles. The van der Waals surface area contributed by atoms with Crippen molar-refractivity contribution in [3.63, 3.8) is 0 Å². The number of ether oxygens (including phenoxy) is 1. The first-order valence-electron chi connectivity index (χ1n) is 9.65. The van der Waals surface area contributed by atoms with Crippen LogP contribution in [0.15, 0.2) is 36.4 Å². The molecule has 0 saturated heterocycles. The summed E-state index contributed by atoms with van der Waals surface area (Å²) in [6.07, 6.45) is 0.983. The van der Waals surface area contributed by atoms with E-state index in [0.29, 0.717) is 0 Å². The van der Waals surface area contributed by atoms with Gasteiger partial charge in [-0.3, -0.25) is 9.10 Å². The van der Waals surface area contributed by atoms with Gasteiger partial charge in [0, 0.05) is 0 Å². The number of anilines is 1. The SMILES string of the molecule is COc1cc(C)c(C(C)NC(=O)CN(c2cccc(F)c2)S(C)(=O)=O)cc1C(C)C. The Labute approximate surface area is 178 Å². The van der Waals surface area contributed by atoms with E-state index in [0.717, 1.165) is 39.1 Å². The first-order valence-corrected chi connectivity index (χ1v) is 11.5. The first kappa shape index (κ1) is 23.7. The number of amides is 1. The predicted molar refractivity (Wildman–Crippen MR) is 117 cm³/mol. The molecule has 6 nitrogen and oxygen atoms in total. The lowest BCUT2D eigenvalue weighted by Gasteiger charge is -2.24. The van der Waals surface area contributed by atoms with Gasteiger partial charge >= 0.3 is 0 Å². The zero-order valence-electron chi connectivity index (χ0n) is 18.2. The zero-order valence-corrected chi connectivity index (χ0v) is 19.0. The van der Waals surface area contributed by atoms with Crippen LogP contribution >= 0.6 is 0 Å². The lowest BCUT2D eigenvalue weighted by molar-refractivity contribution is -0.120. The molecule has 0 saturated carbocycles. The maximum absolute atomic E-state index is 13.6. The number of carbonyl (C=O) groups is 1. The molecular weight excluding hydrogens is 407 g/mol. The summed E-state index contributed by atoms with van der Waals surface area (Å²) in [5.41, 5.74) is 3.00. The quantitative estimate of drug-likeness (QED) is 0.681. The minimum atomic E-state index is -3.78. The summed E-state index contributed by atoms with van der Waals surface area (Å²) in [6.45, 7) is 7.44. The summed E-state index contributed by atoms with van der Waals surface area (Å²) in [7, 11) is -2.15. The van der Waals surface area contributed by atoms with Gasteiger partial charge in [-0.25, -0.2) is 12.8 Å². The van der Waals surface area contributed by atoms with Crippen molar-refractivity contribution in [3.05, 3.63) is 58.9 Å². The molecule has 0 aromatic heterocycles. The summed E-state index contributed by atoms with van der Waals surface area (Å²) in [5, 5.41) is 2.85. The third-order valence-corrected chi connectivity index (χ3v) is 6.01. The Bertz CT molecular complexity index is 1020. The van der Waals surface area contributed by atoms with Crippen LogP contribution < -0.4 is 14.4 Å². The van der Waals surface area contributed by atoms with Crippen LogP contribution in [0, 0.1) is 12.7 Å². The molecule has 0 bridgehead atoms. The second-order valence-electron chi connectivity index (χ2n) is 7.64.